The number of methoxy groups -OCH3 is 1. The Bertz CT molecular complexity index is 439. The molecule has 1 heterocycles. The molecular weight excluding hydrogens is 268 g/mol. The number of ether oxygens (including phenoxy) is 1. The van der Waals surface area contributed by atoms with Gasteiger partial charge in [-0.3, -0.25) is 0 Å². The van der Waals surface area contributed by atoms with Crippen molar-refractivity contribution in [2.24, 2.45) is 0 Å². The Morgan fingerprint density at radius 3 is 2.58 bits per heavy atom. The van der Waals surface area contributed by atoms with Crippen molar-refractivity contribution < 1.29 is 19.4 Å². The largest absolute Gasteiger partial charge is 0.479 e. The van der Waals surface area contributed by atoms with Crippen molar-refractivity contribution in [3.05, 3.63) is 21.4 Å². The van der Waals surface area contributed by atoms with Crippen LogP contribution in [0.15, 0.2) is 6.07 Å². The number of nitrogens with one attached hydrogen (secondary N) is 2. The number of carbonyl (C=O) groups is 2. The average molecular weight is 286 g/mol. The van der Waals surface area contributed by atoms with Crippen LogP contribution in [-0.2, 0) is 16.1 Å². The molecule has 0 saturated carbocycles. The van der Waals surface area contributed by atoms with Crippen LogP contribution in [0.25, 0.3) is 0 Å². The maximum atomic E-state index is 11.5. The molecule has 3 N–H and O–H groups in total. The molecular formula is C12H18N2O4S. The fourth-order valence-corrected chi connectivity index (χ4v) is 2.42. The summed E-state index contributed by atoms with van der Waals surface area (Å²) in [5.41, 5.74) is 1.20. The molecule has 1 rings (SSSR count). The molecule has 0 fully saturated rings. The van der Waals surface area contributed by atoms with Crippen LogP contribution in [-0.4, -0.2) is 36.9 Å². The van der Waals surface area contributed by atoms with E-state index in [1.54, 1.807) is 11.3 Å². The smallest absolute Gasteiger partial charge is 0.334 e. The molecule has 19 heavy (non-hydrogen) atoms. The third-order valence-electron chi connectivity index (χ3n) is 2.65. The summed E-state index contributed by atoms with van der Waals surface area (Å²) < 4.78 is 4.70. The van der Waals surface area contributed by atoms with E-state index in [0.29, 0.717) is 6.54 Å². The van der Waals surface area contributed by atoms with E-state index in [0.717, 1.165) is 4.88 Å². The number of urea groups is 1. The number of aryl methyl sites for hydroxylation is 2. The van der Waals surface area contributed by atoms with Gasteiger partial charge in [-0.2, -0.15) is 0 Å². The Labute approximate surface area is 115 Å². The standard InChI is InChI=1S/C12H18N2O4S/c1-7-4-9(19-8(7)2)5-13-12(17)14-6-10(18-3)11(15)16/h4,10H,5-6H2,1-3H3,(H,15,16)(H2,13,14,17). The van der Waals surface area contributed by atoms with Gasteiger partial charge in [-0.1, -0.05) is 0 Å². The molecule has 106 valence electrons. The Morgan fingerprint density at radius 2 is 2.11 bits per heavy atom. The van der Waals surface area contributed by atoms with Gasteiger partial charge in [0.1, 0.15) is 0 Å². The first-order chi connectivity index (χ1) is 8.93. The van der Waals surface area contributed by atoms with E-state index in [2.05, 4.69) is 10.6 Å². The normalized spacial score (nSPS) is 11.9. The van der Waals surface area contributed by atoms with Gasteiger partial charge in [-0.25, -0.2) is 9.59 Å². The molecule has 1 aromatic heterocycles. The lowest BCUT2D eigenvalue weighted by Crippen LogP contribution is -2.42. The number of thiophene rings is 1. The number of hydrogen-bond acceptors (Lipinski definition) is 4. The molecule has 1 unspecified atom stereocenters. The maximum absolute atomic E-state index is 11.5. The molecule has 1 atom stereocenters. The van der Waals surface area contributed by atoms with Gasteiger partial charge in [0.15, 0.2) is 6.10 Å². The summed E-state index contributed by atoms with van der Waals surface area (Å²) in [6.07, 6.45) is -1.03. The van der Waals surface area contributed by atoms with Crippen LogP contribution in [0.3, 0.4) is 0 Å². The third kappa shape index (κ3) is 4.88. The highest BCUT2D eigenvalue weighted by atomic mass is 32.1. The van der Waals surface area contributed by atoms with E-state index in [4.69, 9.17) is 9.84 Å². The van der Waals surface area contributed by atoms with Gasteiger partial charge in [0, 0.05) is 16.9 Å². The summed E-state index contributed by atoms with van der Waals surface area (Å²) in [6.45, 7) is 4.40. The zero-order valence-corrected chi connectivity index (χ0v) is 12.0. The topological polar surface area (TPSA) is 87.7 Å². The second-order valence-electron chi connectivity index (χ2n) is 4.08. The molecule has 6 nitrogen and oxygen atoms in total. The van der Waals surface area contributed by atoms with Crippen LogP contribution in [0.2, 0.25) is 0 Å². The van der Waals surface area contributed by atoms with Gasteiger partial charge in [0.05, 0.1) is 13.1 Å². The van der Waals surface area contributed by atoms with Crippen LogP contribution >= 0.6 is 11.3 Å². The Balaban J connectivity index is 2.33. The second kappa shape index (κ2) is 7.10. The average Bonchev–Trinajstić information content (AvgIpc) is 2.66. The Morgan fingerprint density at radius 1 is 1.42 bits per heavy atom. The zero-order chi connectivity index (χ0) is 14.4. The molecule has 0 aliphatic heterocycles. The summed E-state index contributed by atoms with van der Waals surface area (Å²) in [5, 5.41) is 13.9. The van der Waals surface area contributed by atoms with Crippen molar-refractivity contribution in [3.63, 3.8) is 0 Å². The van der Waals surface area contributed by atoms with Gasteiger partial charge in [0.25, 0.3) is 0 Å². The van der Waals surface area contributed by atoms with Crippen molar-refractivity contribution in [1.82, 2.24) is 10.6 Å². The lowest BCUT2D eigenvalue weighted by atomic mass is 10.3. The highest BCUT2D eigenvalue weighted by Crippen LogP contribution is 2.20. The molecule has 0 bridgehead atoms. The molecule has 0 aliphatic rings. The maximum Gasteiger partial charge on any atom is 0.334 e. The van der Waals surface area contributed by atoms with Crippen LogP contribution in [0.4, 0.5) is 4.79 Å². The van der Waals surface area contributed by atoms with E-state index in [9.17, 15) is 9.59 Å². The molecule has 0 saturated heterocycles. The number of hydrogen-bond donors (Lipinski definition) is 3. The molecule has 7 heteroatoms. The number of carboxylic acid groups (broad SMARTS) is 1. The molecule has 1 aromatic rings. The number of aliphatic carboxylic acids is 1. The molecule has 0 aliphatic carbocycles. The van der Waals surface area contributed by atoms with Crippen LogP contribution in [0, 0.1) is 13.8 Å². The molecule has 0 aromatic carbocycles. The fourth-order valence-electron chi connectivity index (χ4n) is 1.42. The second-order valence-corrected chi connectivity index (χ2v) is 5.42. The van der Waals surface area contributed by atoms with Crippen molar-refractivity contribution >= 4 is 23.3 Å². The number of amides is 2. The molecule has 0 radical (unpaired) electrons. The summed E-state index contributed by atoms with van der Waals surface area (Å²) in [7, 11) is 1.29. The van der Waals surface area contributed by atoms with Crippen molar-refractivity contribution in [1.29, 1.82) is 0 Å². The summed E-state index contributed by atoms with van der Waals surface area (Å²) in [4.78, 5) is 24.4. The van der Waals surface area contributed by atoms with Crippen LogP contribution < -0.4 is 10.6 Å². The van der Waals surface area contributed by atoms with Crippen molar-refractivity contribution in [2.45, 2.75) is 26.5 Å². The summed E-state index contributed by atoms with van der Waals surface area (Å²) in [6, 6.07) is 1.61. The molecule has 2 amide bonds. The minimum absolute atomic E-state index is 0.0693. The van der Waals surface area contributed by atoms with Crippen molar-refractivity contribution in [2.75, 3.05) is 13.7 Å². The number of carbonyl (C=O) groups excluding carboxylic acids is 1. The van der Waals surface area contributed by atoms with E-state index in [1.165, 1.54) is 17.6 Å². The van der Waals surface area contributed by atoms with E-state index < -0.39 is 18.1 Å². The Hall–Kier alpha value is -1.60. The fraction of sp³-hybridized carbons (Fsp3) is 0.500. The van der Waals surface area contributed by atoms with E-state index in [-0.39, 0.29) is 6.54 Å². The van der Waals surface area contributed by atoms with Crippen LogP contribution in [0.5, 0.6) is 0 Å². The van der Waals surface area contributed by atoms with Gasteiger partial charge in [-0.15, -0.1) is 11.3 Å². The van der Waals surface area contributed by atoms with Gasteiger partial charge in [-0.05, 0) is 25.5 Å². The zero-order valence-electron chi connectivity index (χ0n) is 11.1. The minimum Gasteiger partial charge on any atom is -0.479 e. The Kier molecular flexibility index (Phi) is 5.78. The number of rotatable bonds is 6. The lowest BCUT2D eigenvalue weighted by Gasteiger charge is -2.11. The first-order valence-electron chi connectivity index (χ1n) is 5.77. The van der Waals surface area contributed by atoms with E-state index in [1.807, 2.05) is 19.9 Å². The van der Waals surface area contributed by atoms with E-state index >= 15 is 0 Å². The summed E-state index contributed by atoms with van der Waals surface area (Å²) >= 11 is 1.63. The first kappa shape index (κ1) is 15.5. The van der Waals surface area contributed by atoms with Gasteiger partial charge >= 0.3 is 12.0 Å². The monoisotopic (exact) mass is 286 g/mol. The van der Waals surface area contributed by atoms with Gasteiger partial charge < -0.3 is 20.5 Å². The predicted octanol–water partition coefficient (Wildman–Crippen LogP) is 1.26. The quantitative estimate of drug-likeness (QED) is 0.734. The third-order valence-corrected chi connectivity index (χ3v) is 3.80. The lowest BCUT2D eigenvalue weighted by molar-refractivity contribution is -0.147. The summed E-state index contributed by atoms with van der Waals surface area (Å²) in [5.74, 6) is -1.10. The SMILES string of the molecule is COC(CNC(=O)NCc1cc(C)c(C)s1)C(=O)O. The van der Waals surface area contributed by atoms with Crippen LogP contribution in [0.1, 0.15) is 15.3 Å². The molecule has 0 spiro atoms. The highest BCUT2D eigenvalue weighted by molar-refractivity contribution is 7.12. The first-order valence-corrected chi connectivity index (χ1v) is 6.59. The number of carboxylic acids is 1. The highest BCUT2D eigenvalue weighted by Gasteiger charge is 2.16. The van der Waals surface area contributed by atoms with Crippen molar-refractivity contribution in [3.8, 4) is 0 Å². The predicted molar refractivity (Wildman–Crippen MR) is 72.5 cm³/mol. The van der Waals surface area contributed by atoms with Gasteiger partial charge in [0.2, 0.25) is 0 Å². The minimum atomic E-state index is -1.10.